The minimum atomic E-state index is -3.53. The number of aromatic nitrogens is 2. The number of imidazole rings is 1. The lowest BCUT2D eigenvalue weighted by atomic mass is 10.1. The van der Waals surface area contributed by atoms with Gasteiger partial charge in [0.05, 0.1) is 15.9 Å². The summed E-state index contributed by atoms with van der Waals surface area (Å²) in [6, 6.07) is 15.1. The summed E-state index contributed by atoms with van der Waals surface area (Å²) in [6.45, 7) is 3.51. The van der Waals surface area contributed by atoms with Crippen LogP contribution in [0.1, 0.15) is 37.6 Å². The van der Waals surface area contributed by atoms with Crippen LogP contribution in [0.5, 0.6) is 0 Å². The Bertz CT molecular complexity index is 1150. The first-order valence-corrected chi connectivity index (χ1v) is 12.5. The Morgan fingerprint density at radius 2 is 1.84 bits per heavy atom. The number of nitrogens with zero attached hydrogens (tertiary/aromatic N) is 3. The summed E-state index contributed by atoms with van der Waals surface area (Å²) in [4.78, 5) is 17.3. The van der Waals surface area contributed by atoms with Crippen molar-refractivity contribution in [1.29, 1.82) is 0 Å². The van der Waals surface area contributed by atoms with Crippen molar-refractivity contribution in [2.75, 3.05) is 20.6 Å². The maximum atomic E-state index is 12.5. The monoisotopic (exact) mass is 456 g/mol. The minimum absolute atomic E-state index is 0.00842. The molecule has 0 atom stereocenters. The number of fused-ring (bicyclic) bond motifs is 1. The molecule has 1 heterocycles. The number of benzene rings is 2. The normalized spacial score (nSPS) is 11.9. The van der Waals surface area contributed by atoms with Gasteiger partial charge in [0, 0.05) is 40.0 Å². The average molecular weight is 457 g/mol. The number of hydrogen-bond acceptors (Lipinski definition) is 4. The summed E-state index contributed by atoms with van der Waals surface area (Å²) in [5.74, 6) is 0.803. The first kappa shape index (κ1) is 23.9. The molecule has 0 saturated carbocycles. The molecule has 172 valence electrons. The van der Waals surface area contributed by atoms with Crippen molar-refractivity contribution in [3.63, 3.8) is 0 Å². The van der Waals surface area contributed by atoms with Crippen LogP contribution in [0.4, 0.5) is 0 Å². The zero-order valence-electron chi connectivity index (χ0n) is 19.0. The summed E-state index contributed by atoms with van der Waals surface area (Å²) in [7, 11) is -0.498. The van der Waals surface area contributed by atoms with Crippen LogP contribution < -0.4 is 5.32 Å². The van der Waals surface area contributed by atoms with Gasteiger partial charge in [-0.25, -0.2) is 17.7 Å². The maximum Gasteiger partial charge on any atom is 0.242 e. The van der Waals surface area contributed by atoms with E-state index in [1.54, 1.807) is 12.1 Å². The third-order valence-electron chi connectivity index (χ3n) is 5.47. The van der Waals surface area contributed by atoms with Crippen LogP contribution in [0.3, 0.4) is 0 Å². The van der Waals surface area contributed by atoms with Crippen molar-refractivity contribution in [3.05, 3.63) is 59.9 Å². The Kier molecular flexibility index (Phi) is 8.04. The quantitative estimate of drug-likeness (QED) is 0.479. The molecule has 0 bridgehead atoms. The topological polar surface area (TPSA) is 84.3 Å². The third kappa shape index (κ3) is 5.75. The molecule has 0 fully saturated rings. The average Bonchev–Trinajstić information content (AvgIpc) is 3.13. The Morgan fingerprint density at radius 3 is 2.53 bits per heavy atom. The summed E-state index contributed by atoms with van der Waals surface area (Å²) in [6.07, 6.45) is 3.66. The lowest BCUT2D eigenvalue weighted by Gasteiger charge is -2.11. The highest BCUT2D eigenvalue weighted by Crippen LogP contribution is 2.23. The Labute approximate surface area is 190 Å². The van der Waals surface area contributed by atoms with Crippen molar-refractivity contribution < 1.29 is 13.2 Å². The molecular formula is C24H32N4O3S. The van der Waals surface area contributed by atoms with Crippen LogP contribution in [0.25, 0.3) is 11.0 Å². The van der Waals surface area contributed by atoms with E-state index in [1.165, 1.54) is 24.0 Å². The second-order valence-electron chi connectivity index (χ2n) is 8.06. The minimum Gasteiger partial charge on any atom is -0.356 e. The highest BCUT2D eigenvalue weighted by Gasteiger charge is 2.20. The van der Waals surface area contributed by atoms with Gasteiger partial charge in [-0.05, 0) is 36.6 Å². The van der Waals surface area contributed by atoms with E-state index in [9.17, 15) is 13.2 Å². The summed E-state index contributed by atoms with van der Waals surface area (Å²) < 4.78 is 28.3. The second-order valence-corrected chi connectivity index (χ2v) is 10.2. The SMILES string of the molecule is CCCCn1c(CCC(=O)NCCc2ccccc2)nc2cc(S(=O)(=O)N(C)C)ccc21. The van der Waals surface area contributed by atoms with E-state index in [-0.39, 0.29) is 10.8 Å². The molecule has 1 N–H and O–H groups in total. The number of rotatable bonds is 11. The maximum absolute atomic E-state index is 12.5. The van der Waals surface area contributed by atoms with Gasteiger partial charge < -0.3 is 9.88 Å². The standard InChI is InChI=1S/C24H32N4O3S/c1-4-5-17-28-22-12-11-20(32(30,31)27(2)3)18-21(22)26-23(28)13-14-24(29)25-16-15-19-9-7-6-8-10-19/h6-12,18H,4-5,13-17H2,1-3H3,(H,25,29). The molecule has 8 heteroatoms. The number of sulfonamides is 1. The van der Waals surface area contributed by atoms with Gasteiger partial charge in [0.25, 0.3) is 0 Å². The van der Waals surface area contributed by atoms with Gasteiger partial charge in [-0.3, -0.25) is 4.79 Å². The lowest BCUT2D eigenvalue weighted by Crippen LogP contribution is -2.26. The van der Waals surface area contributed by atoms with Crippen molar-refractivity contribution >= 4 is 27.0 Å². The van der Waals surface area contributed by atoms with E-state index in [2.05, 4.69) is 16.8 Å². The zero-order valence-corrected chi connectivity index (χ0v) is 19.9. The number of carbonyl (C=O) groups excluding carboxylic acids is 1. The van der Waals surface area contributed by atoms with E-state index >= 15 is 0 Å². The van der Waals surface area contributed by atoms with Crippen LogP contribution in [0.15, 0.2) is 53.4 Å². The highest BCUT2D eigenvalue weighted by atomic mass is 32.2. The number of aryl methyl sites for hydroxylation is 2. The molecule has 0 aliphatic rings. The zero-order chi connectivity index (χ0) is 23.1. The number of unbranched alkanes of at least 4 members (excludes halogenated alkanes) is 1. The molecule has 7 nitrogen and oxygen atoms in total. The summed E-state index contributed by atoms with van der Waals surface area (Å²) in [5.41, 5.74) is 2.73. The molecule has 0 aliphatic carbocycles. The molecule has 2 aromatic carbocycles. The van der Waals surface area contributed by atoms with Crippen molar-refractivity contribution in [1.82, 2.24) is 19.2 Å². The molecular weight excluding hydrogens is 424 g/mol. The summed E-state index contributed by atoms with van der Waals surface area (Å²) >= 11 is 0. The van der Waals surface area contributed by atoms with Crippen LogP contribution in [-0.4, -0.2) is 48.8 Å². The number of carbonyl (C=O) groups is 1. The van der Waals surface area contributed by atoms with Gasteiger partial charge in [0.15, 0.2) is 0 Å². The van der Waals surface area contributed by atoms with Crippen LogP contribution in [0.2, 0.25) is 0 Å². The highest BCUT2D eigenvalue weighted by molar-refractivity contribution is 7.89. The Hall–Kier alpha value is -2.71. The summed E-state index contributed by atoms with van der Waals surface area (Å²) in [5, 5.41) is 2.98. The fourth-order valence-corrected chi connectivity index (χ4v) is 4.51. The van der Waals surface area contributed by atoms with E-state index in [0.29, 0.717) is 24.9 Å². The van der Waals surface area contributed by atoms with Crippen molar-refractivity contribution in [2.24, 2.45) is 0 Å². The molecule has 0 radical (unpaired) electrons. The number of amides is 1. The van der Waals surface area contributed by atoms with E-state index < -0.39 is 10.0 Å². The number of nitrogens with one attached hydrogen (secondary N) is 1. The van der Waals surface area contributed by atoms with Gasteiger partial charge in [-0.1, -0.05) is 43.7 Å². The van der Waals surface area contributed by atoms with Gasteiger partial charge in [-0.2, -0.15) is 0 Å². The van der Waals surface area contributed by atoms with E-state index in [0.717, 1.165) is 37.1 Å². The van der Waals surface area contributed by atoms with Gasteiger partial charge in [0.1, 0.15) is 5.82 Å². The molecule has 0 aliphatic heterocycles. The molecule has 3 aromatic rings. The first-order valence-electron chi connectivity index (χ1n) is 11.0. The first-order chi connectivity index (χ1) is 15.3. The molecule has 32 heavy (non-hydrogen) atoms. The third-order valence-corrected chi connectivity index (χ3v) is 7.28. The predicted molar refractivity (Wildman–Crippen MR) is 127 cm³/mol. The van der Waals surface area contributed by atoms with Gasteiger partial charge in [0.2, 0.25) is 15.9 Å². The van der Waals surface area contributed by atoms with Gasteiger partial charge >= 0.3 is 0 Å². The molecule has 0 unspecified atom stereocenters. The van der Waals surface area contributed by atoms with Crippen LogP contribution >= 0.6 is 0 Å². The second kappa shape index (κ2) is 10.7. The number of hydrogen-bond donors (Lipinski definition) is 1. The van der Waals surface area contributed by atoms with Gasteiger partial charge in [-0.15, -0.1) is 0 Å². The molecule has 0 spiro atoms. The van der Waals surface area contributed by atoms with Crippen molar-refractivity contribution in [3.8, 4) is 0 Å². The predicted octanol–water partition coefficient (Wildman–Crippen LogP) is 3.38. The van der Waals surface area contributed by atoms with Crippen molar-refractivity contribution in [2.45, 2.75) is 50.5 Å². The molecule has 1 aromatic heterocycles. The molecule has 3 rings (SSSR count). The fraction of sp³-hybridized carbons (Fsp3) is 0.417. The Morgan fingerprint density at radius 1 is 1.09 bits per heavy atom. The van der Waals surface area contributed by atoms with E-state index in [4.69, 9.17) is 4.98 Å². The molecule has 1 amide bonds. The van der Waals surface area contributed by atoms with E-state index in [1.807, 2.05) is 36.4 Å². The largest absolute Gasteiger partial charge is 0.356 e. The lowest BCUT2D eigenvalue weighted by molar-refractivity contribution is -0.121. The molecule has 0 saturated heterocycles. The van der Waals surface area contributed by atoms with Crippen LogP contribution in [-0.2, 0) is 34.2 Å². The Balaban J connectivity index is 1.72. The van der Waals surface area contributed by atoms with Crippen LogP contribution in [0, 0.1) is 0 Å². The smallest absolute Gasteiger partial charge is 0.242 e. The fourth-order valence-electron chi connectivity index (χ4n) is 3.59.